The Kier molecular flexibility index (Phi) is 4.03. The molecule has 0 bridgehead atoms. The van der Waals surface area contributed by atoms with Crippen molar-refractivity contribution in [1.82, 2.24) is 0 Å². The van der Waals surface area contributed by atoms with E-state index in [1.165, 1.54) is 31.2 Å². The Morgan fingerprint density at radius 1 is 1.06 bits per heavy atom. The molecule has 0 N–H and O–H groups in total. The van der Waals surface area contributed by atoms with Crippen molar-refractivity contribution in [2.24, 2.45) is 5.92 Å². The van der Waals surface area contributed by atoms with Gasteiger partial charge < -0.3 is 4.74 Å². The first kappa shape index (κ1) is 11.3. The van der Waals surface area contributed by atoms with Crippen molar-refractivity contribution in [3.63, 3.8) is 0 Å². The van der Waals surface area contributed by atoms with E-state index in [0.717, 1.165) is 5.92 Å². The number of hydrogen-bond acceptors (Lipinski definition) is 1. The maximum Gasteiger partial charge on any atom is 0.0978 e. The minimum absolute atomic E-state index is 0.441. The molecule has 0 aliphatic heterocycles. The Morgan fingerprint density at radius 2 is 1.75 bits per heavy atom. The second-order valence-electron chi connectivity index (χ2n) is 4.73. The molecule has 0 amide bonds. The van der Waals surface area contributed by atoms with Gasteiger partial charge in [-0.2, -0.15) is 0 Å². The molecule has 2 rings (SSSR count). The van der Waals surface area contributed by atoms with Gasteiger partial charge in [0.25, 0.3) is 0 Å². The van der Waals surface area contributed by atoms with Gasteiger partial charge in [0.2, 0.25) is 0 Å². The summed E-state index contributed by atoms with van der Waals surface area (Å²) in [7, 11) is 0. The zero-order valence-corrected chi connectivity index (χ0v) is 9.93. The largest absolute Gasteiger partial charge is 0.498 e. The van der Waals surface area contributed by atoms with Crippen LogP contribution in [0.2, 0.25) is 0 Å². The molecular formula is C15H20O. The van der Waals surface area contributed by atoms with Crippen LogP contribution in [0.3, 0.4) is 0 Å². The number of benzene rings is 1. The van der Waals surface area contributed by atoms with E-state index in [0.29, 0.717) is 6.10 Å². The van der Waals surface area contributed by atoms with Gasteiger partial charge in [0, 0.05) is 0 Å². The Hall–Kier alpha value is -1.24. The van der Waals surface area contributed by atoms with Gasteiger partial charge in [0.05, 0.1) is 12.4 Å². The quantitative estimate of drug-likeness (QED) is 0.686. The highest BCUT2D eigenvalue weighted by molar-refractivity contribution is 5.47. The summed E-state index contributed by atoms with van der Waals surface area (Å²) < 4.78 is 5.75. The third-order valence-corrected chi connectivity index (χ3v) is 3.29. The lowest BCUT2D eigenvalue weighted by atomic mass is 9.89. The van der Waals surface area contributed by atoms with Crippen LogP contribution < -0.4 is 0 Å². The Balaban J connectivity index is 1.77. The second kappa shape index (κ2) is 5.74. The van der Waals surface area contributed by atoms with Crippen LogP contribution in [0.25, 0.3) is 6.08 Å². The van der Waals surface area contributed by atoms with E-state index < -0.39 is 0 Å². The first-order valence-electron chi connectivity index (χ1n) is 6.21. The van der Waals surface area contributed by atoms with Crippen LogP contribution in [0, 0.1) is 5.92 Å². The molecule has 0 atom stereocenters. The van der Waals surface area contributed by atoms with Crippen molar-refractivity contribution >= 4 is 6.08 Å². The van der Waals surface area contributed by atoms with Crippen LogP contribution in [0.5, 0.6) is 0 Å². The third-order valence-electron chi connectivity index (χ3n) is 3.29. The summed E-state index contributed by atoms with van der Waals surface area (Å²) in [5.41, 5.74) is 1.20. The molecule has 0 saturated heterocycles. The van der Waals surface area contributed by atoms with E-state index in [1.807, 2.05) is 30.5 Å². The Morgan fingerprint density at radius 3 is 2.44 bits per heavy atom. The molecule has 0 aromatic heterocycles. The van der Waals surface area contributed by atoms with Crippen molar-refractivity contribution in [2.45, 2.75) is 38.7 Å². The fourth-order valence-electron chi connectivity index (χ4n) is 2.16. The van der Waals surface area contributed by atoms with Gasteiger partial charge in [0.15, 0.2) is 0 Å². The molecule has 1 aliphatic carbocycles. The van der Waals surface area contributed by atoms with Crippen LogP contribution in [0.1, 0.15) is 38.2 Å². The summed E-state index contributed by atoms with van der Waals surface area (Å²) in [6, 6.07) is 10.3. The van der Waals surface area contributed by atoms with Crippen molar-refractivity contribution in [3.8, 4) is 0 Å². The van der Waals surface area contributed by atoms with Gasteiger partial charge in [0.1, 0.15) is 0 Å². The molecule has 1 saturated carbocycles. The summed E-state index contributed by atoms with van der Waals surface area (Å²) in [6.07, 6.45) is 9.37. The maximum absolute atomic E-state index is 5.75. The highest BCUT2D eigenvalue weighted by atomic mass is 16.5. The zero-order chi connectivity index (χ0) is 11.2. The first-order chi connectivity index (χ1) is 7.84. The lowest BCUT2D eigenvalue weighted by molar-refractivity contribution is 0.0928. The lowest BCUT2D eigenvalue weighted by Gasteiger charge is -2.25. The molecule has 86 valence electrons. The van der Waals surface area contributed by atoms with Crippen LogP contribution in [0.15, 0.2) is 36.6 Å². The van der Waals surface area contributed by atoms with Crippen LogP contribution in [-0.4, -0.2) is 6.10 Å². The zero-order valence-electron chi connectivity index (χ0n) is 9.93. The Labute approximate surface area is 98.1 Å². The van der Waals surface area contributed by atoms with E-state index in [1.54, 1.807) is 0 Å². The molecule has 0 unspecified atom stereocenters. The molecule has 1 aromatic rings. The number of rotatable bonds is 3. The molecule has 1 aliphatic rings. The minimum atomic E-state index is 0.441. The number of hydrogen-bond donors (Lipinski definition) is 0. The third kappa shape index (κ3) is 3.41. The molecule has 0 heterocycles. The average molecular weight is 216 g/mol. The monoisotopic (exact) mass is 216 g/mol. The standard InChI is InChI=1S/C15H20O/c1-13-7-9-15(10-8-13)16-12-11-14-5-3-2-4-6-14/h2-6,11-13,15H,7-10H2,1H3. The number of ether oxygens (including phenoxy) is 1. The molecular weight excluding hydrogens is 196 g/mol. The van der Waals surface area contributed by atoms with Gasteiger partial charge in [-0.3, -0.25) is 0 Å². The summed E-state index contributed by atoms with van der Waals surface area (Å²) >= 11 is 0. The van der Waals surface area contributed by atoms with Crippen LogP contribution in [0.4, 0.5) is 0 Å². The van der Waals surface area contributed by atoms with Gasteiger partial charge in [-0.1, -0.05) is 37.3 Å². The molecule has 16 heavy (non-hydrogen) atoms. The van der Waals surface area contributed by atoms with E-state index in [4.69, 9.17) is 4.74 Å². The highest BCUT2D eigenvalue weighted by Gasteiger charge is 2.17. The summed E-state index contributed by atoms with van der Waals surface area (Å²) in [5.74, 6) is 0.887. The highest BCUT2D eigenvalue weighted by Crippen LogP contribution is 2.25. The smallest absolute Gasteiger partial charge is 0.0978 e. The van der Waals surface area contributed by atoms with E-state index in [9.17, 15) is 0 Å². The SMILES string of the molecule is CC1CCC(OC=Cc2ccccc2)CC1. The molecule has 0 radical (unpaired) electrons. The van der Waals surface area contributed by atoms with Gasteiger partial charge in [-0.15, -0.1) is 0 Å². The fraction of sp³-hybridized carbons (Fsp3) is 0.467. The van der Waals surface area contributed by atoms with E-state index in [-0.39, 0.29) is 0 Å². The van der Waals surface area contributed by atoms with Crippen molar-refractivity contribution in [2.75, 3.05) is 0 Å². The molecule has 1 nitrogen and oxygen atoms in total. The van der Waals surface area contributed by atoms with Crippen molar-refractivity contribution in [1.29, 1.82) is 0 Å². The topological polar surface area (TPSA) is 9.23 Å². The van der Waals surface area contributed by atoms with Crippen molar-refractivity contribution < 1.29 is 4.74 Å². The predicted molar refractivity (Wildman–Crippen MR) is 68.0 cm³/mol. The maximum atomic E-state index is 5.75. The minimum Gasteiger partial charge on any atom is -0.498 e. The van der Waals surface area contributed by atoms with Gasteiger partial charge in [-0.25, -0.2) is 0 Å². The first-order valence-corrected chi connectivity index (χ1v) is 6.21. The normalized spacial score (nSPS) is 25.8. The second-order valence-corrected chi connectivity index (χ2v) is 4.73. The van der Waals surface area contributed by atoms with Gasteiger partial charge >= 0.3 is 0 Å². The van der Waals surface area contributed by atoms with E-state index in [2.05, 4.69) is 19.1 Å². The summed E-state index contributed by atoms with van der Waals surface area (Å²) in [5, 5.41) is 0. The molecule has 1 aromatic carbocycles. The van der Waals surface area contributed by atoms with Crippen molar-refractivity contribution in [3.05, 3.63) is 42.2 Å². The summed E-state index contributed by atoms with van der Waals surface area (Å²) in [6.45, 7) is 2.33. The van der Waals surface area contributed by atoms with Gasteiger partial charge in [-0.05, 0) is 43.2 Å². The average Bonchev–Trinajstić information content (AvgIpc) is 2.33. The van der Waals surface area contributed by atoms with Crippen LogP contribution >= 0.6 is 0 Å². The summed E-state index contributed by atoms with van der Waals surface area (Å²) in [4.78, 5) is 0. The molecule has 1 heteroatoms. The Bertz CT molecular complexity index is 321. The fourth-order valence-corrected chi connectivity index (χ4v) is 2.16. The van der Waals surface area contributed by atoms with Crippen LogP contribution in [-0.2, 0) is 4.74 Å². The molecule has 1 fully saturated rings. The molecule has 0 spiro atoms. The predicted octanol–water partition coefficient (Wildman–Crippen LogP) is 4.25. The van der Waals surface area contributed by atoms with E-state index >= 15 is 0 Å². The lowest BCUT2D eigenvalue weighted by Crippen LogP contribution is -2.18.